The van der Waals surface area contributed by atoms with E-state index in [4.69, 9.17) is 5.73 Å². The molecule has 0 amide bonds. The summed E-state index contributed by atoms with van der Waals surface area (Å²) in [6.45, 7) is 7.85. The monoisotopic (exact) mass is 234 g/mol. The van der Waals surface area contributed by atoms with Crippen LogP contribution in [0.25, 0.3) is 0 Å². The fourth-order valence-corrected chi connectivity index (χ4v) is 1.23. The molecular weight excluding hydrogens is 216 g/mol. The smallest absolute Gasteiger partial charge is 0.0496 e. The van der Waals surface area contributed by atoms with Crippen LogP contribution in [-0.2, 0) is 0 Å². The van der Waals surface area contributed by atoms with Gasteiger partial charge >= 0.3 is 0 Å². The maximum Gasteiger partial charge on any atom is 0.0496 e. The Labute approximate surface area is 84.1 Å². The Hall–Kier alpha value is -0.310. The Kier molecular flexibility index (Phi) is 10.4. The van der Waals surface area contributed by atoms with Gasteiger partial charge in [0.25, 0.3) is 0 Å². The first-order valence-corrected chi connectivity index (χ1v) is 5.20. The molecule has 0 heterocycles. The molecule has 0 aliphatic heterocycles. The Morgan fingerprint density at radius 3 is 1.83 bits per heavy atom. The molecule has 0 aliphatic carbocycles. The number of hydrogen-bond acceptors (Lipinski definition) is 2. The molecule has 0 unspecified atom stereocenters. The third-order valence-corrected chi connectivity index (χ3v) is 1.95. The van der Waals surface area contributed by atoms with Crippen molar-refractivity contribution in [2.24, 2.45) is 10.7 Å². The van der Waals surface area contributed by atoms with Crippen LogP contribution in [0.4, 0.5) is 0 Å². The maximum absolute atomic E-state index is 5.57. The molecule has 0 aromatic carbocycles. The van der Waals surface area contributed by atoms with Crippen molar-refractivity contribution in [1.82, 2.24) is 0 Å². The third kappa shape index (κ3) is 5.35. The van der Waals surface area contributed by atoms with E-state index in [1.54, 1.807) is 7.05 Å². The van der Waals surface area contributed by atoms with Crippen LogP contribution in [0.3, 0.4) is 0 Å². The van der Waals surface area contributed by atoms with Crippen LogP contribution in [-0.4, -0.2) is 18.1 Å². The van der Waals surface area contributed by atoms with Gasteiger partial charge in [0.05, 0.1) is 0 Å². The molecule has 2 nitrogen and oxygen atoms in total. The standard InChI is InChI=1S/C7H13BrN2.C2H6/c1-5(6(2)9)7(4-8)10-3;1-2/h4,9H2,1-3H3;1-2H3/b6-5-,10-7?;. The minimum absolute atomic E-state index is 0.768. The van der Waals surface area contributed by atoms with E-state index in [0.717, 1.165) is 22.3 Å². The number of alkyl halides is 1. The van der Waals surface area contributed by atoms with Gasteiger partial charge in [-0.15, -0.1) is 0 Å². The van der Waals surface area contributed by atoms with Gasteiger partial charge in [-0.25, -0.2) is 0 Å². The molecule has 12 heavy (non-hydrogen) atoms. The zero-order chi connectivity index (χ0) is 10.1. The van der Waals surface area contributed by atoms with E-state index in [9.17, 15) is 0 Å². The Morgan fingerprint density at radius 1 is 1.33 bits per heavy atom. The number of rotatable bonds is 2. The topological polar surface area (TPSA) is 38.4 Å². The normalized spacial score (nSPS) is 13.0. The second kappa shape index (κ2) is 8.78. The molecule has 72 valence electrons. The minimum Gasteiger partial charge on any atom is -0.402 e. The average molecular weight is 235 g/mol. The van der Waals surface area contributed by atoms with Gasteiger partial charge in [-0.2, -0.15) is 0 Å². The van der Waals surface area contributed by atoms with Crippen LogP contribution in [0.2, 0.25) is 0 Å². The van der Waals surface area contributed by atoms with Crippen molar-refractivity contribution >= 4 is 21.6 Å². The molecule has 0 spiro atoms. The van der Waals surface area contributed by atoms with Crippen molar-refractivity contribution < 1.29 is 0 Å². The number of nitrogens with two attached hydrogens (primary N) is 1. The summed E-state index contributed by atoms with van der Waals surface area (Å²) in [5.74, 6) is 0. The van der Waals surface area contributed by atoms with Crippen LogP contribution in [0.5, 0.6) is 0 Å². The van der Waals surface area contributed by atoms with Crippen molar-refractivity contribution in [1.29, 1.82) is 0 Å². The fourth-order valence-electron chi connectivity index (χ4n) is 0.555. The van der Waals surface area contributed by atoms with Gasteiger partial charge in [-0.05, 0) is 19.4 Å². The Morgan fingerprint density at radius 2 is 1.75 bits per heavy atom. The highest BCUT2D eigenvalue weighted by molar-refractivity contribution is 9.09. The third-order valence-electron chi connectivity index (χ3n) is 1.42. The molecule has 0 aliphatic rings. The van der Waals surface area contributed by atoms with Crippen LogP contribution in [0, 0.1) is 0 Å². The molecule has 0 bridgehead atoms. The molecule has 0 atom stereocenters. The zero-order valence-electron chi connectivity index (χ0n) is 8.61. The summed E-state index contributed by atoms with van der Waals surface area (Å²) in [7, 11) is 1.77. The van der Waals surface area contributed by atoms with Crippen LogP contribution in [0.15, 0.2) is 16.3 Å². The lowest BCUT2D eigenvalue weighted by molar-refractivity contribution is 1.24. The van der Waals surface area contributed by atoms with E-state index in [1.807, 2.05) is 27.7 Å². The highest BCUT2D eigenvalue weighted by Crippen LogP contribution is 2.02. The van der Waals surface area contributed by atoms with Crippen molar-refractivity contribution in [3.05, 3.63) is 11.3 Å². The van der Waals surface area contributed by atoms with Gasteiger partial charge in [-0.3, -0.25) is 4.99 Å². The molecule has 0 saturated carbocycles. The molecule has 0 radical (unpaired) electrons. The summed E-state index contributed by atoms with van der Waals surface area (Å²) in [4.78, 5) is 4.06. The first-order chi connectivity index (χ1) is 5.63. The summed E-state index contributed by atoms with van der Waals surface area (Å²) in [5, 5.41) is 0.768. The van der Waals surface area contributed by atoms with Crippen LogP contribution < -0.4 is 5.73 Å². The first-order valence-electron chi connectivity index (χ1n) is 4.08. The molecule has 0 fully saturated rings. The van der Waals surface area contributed by atoms with Gasteiger partial charge in [-0.1, -0.05) is 29.8 Å². The molecule has 0 rings (SSSR count). The summed E-state index contributed by atoms with van der Waals surface area (Å²) < 4.78 is 0. The van der Waals surface area contributed by atoms with E-state index in [2.05, 4.69) is 20.9 Å². The Bertz CT molecular complexity index is 167. The van der Waals surface area contributed by atoms with Crippen molar-refractivity contribution in [3.8, 4) is 0 Å². The number of hydrogen-bond donors (Lipinski definition) is 1. The van der Waals surface area contributed by atoms with E-state index in [-0.39, 0.29) is 0 Å². The Balaban J connectivity index is 0. The molecule has 2 N–H and O–H groups in total. The number of aliphatic imine (C=N–C) groups is 1. The predicted octanol–water partition coefficient (Wildman–Crippen LogP) is 2.73. The number of allylic oxidation sites excluding steroid dienone is 2. The lowest BCUT2D eigenvalue weighted by atomic mass is 10.2. The lowest BCUT2D eigenvalue weighted by Gasteiger charge is -2.02. The van der Waals surface area contributed by atoms with Crippen LogP contribution >= 0.6 is 15.9 Å². The SMILES string of the molecule is CC.CN=C(CBr)/C(C)=C(/C)N. The van der Waals surface area contributed by atoms with E-state index in [0.29, 0.717) is 0 Å². The largest absolute Gasteiger partial charge is 0.402 e. The van der Waals surface area contributed by atoms with Crippen molar-refractivity contribution in [3.63, 3.8) is 0 Å². The zero-order valence-corrected chi connectivity index (χ0v) is 10.2. The van der Waals surface area contributed by atoms with Crippen molar-refractivity contribution in [2.75, 3.05) is 12.4 Å². The average Bonchev–Trinajstić information content (AvgIpc) is 2.10. The molecule has 0 aromatic rings. The minimum atomic E-state index is 0.768. The van der Waals surface area contributed by atoms with E-state index >= 15 is 0 Å². The highest BCUT2D eigenvalue weighted by Gasteiger charge is 1.99. The van der Waals surface area contributed by atoms with E-state index in [1.165, 1.54) is 0 Å². The van der Waals surface area contributed by atoms with Gasteiger partial charge in [0.15, 0.2) is 0 Å². The predicted molar refractivity (Wildman–Crippen MR) is 61.1 cm³/mol. The second-order valence-electron chi connectivity index (χ2n) is 2.11. The van der Waals surface area contributed by atoms with Crippen molar-refractivity contribution in [2.45, 2.75) is 27.7 Å². The van der Waals surface area contributed by atoms with Gasteiger partial charge in [0.2, 0.25) is 0 Å². The van der Waals surface area contributed by atoms with Gasteiger partial charge in [0.1, 0.15) is 0 Å². The highest BCUT2D eigenvalue weighted by atomic mass is 79.9. The fraction of sp³-hybridized carbons (Fsp3) is 0.667. The number of nitrogens with zero attached hydrogens (tertiary/aromatic N) is 1. The molecular formula is C9H19BrN2. The maximum atomic E-state index is 5.57. The first kappa shape index (κ1) is 14.2. The molecule has 3 heteroatoms. The molecule has 0 aromatic heterocycles. The molecule has 0 saturated heterocycles. The lowest BCUT2D eigenvalue weighted by Crippen LogP contribution is -2.07. The van der Waals surface area contributed by atoms with Gasteiger partial charge in [0, 0.05) is 23.8 Å². The van der Waals surface area contributed by atoms with Gasteiger partial charge < -0.3 is 5.73 Å². The summed E-state index contributed by atoms with van der Waals surface area (Å²) >= 11 is 3.32. The van der Waals surface area contributed by atoms with E-state index < -0.39 is 0 Å². The van der Waals surface area contributed by atoms with Crippen LogP contribution in [0.1, 0.15) is 27.7 Å². The summed E-state index contributed by atoms with van der Waals surface area (Å²) in [6.07, 6.45) is 0. The summed E-state index contributed by atoms with van der Waals surface area (Å²) in [6, 6.07) is 0. The number of halogens is 1. The second-order valence-corrected chi connectivity index (χ2v) is 2.67. The quantitative estimate of drug-likeness (QED) is 0.580. The summed E-state index contributed by atoms with van der Waals surface area (Å²) in [5.41, 5.74) is 8.48.